The first-order chi connectivity index (χ1) is 13.7. The molecule has 1 atom stereocenters. The van der Waals surface area contributed by atoms with Crippen molar-refractivity contribution >= 4 is 17.4 Å². The van der Waals surface area contributed by atoms with Gasteiger partial charge >= 0.3 is 0 Å². The van der Waals surface area contributed by atoms with Crippen molar-refractivity contribution in [1.29, 1.82) is 0 Å². The minimum Gasteiger partial charge on any atom is -0.355 e. The highest BCUT2D eigenvalue weighted by atomic mass is 32.1. The van der Waals surface area contributed by atoms with Crippen LogP contribution in [0.4, 0.5) is 0 Å². The predicted molar refractivity (Wildman–Crippen MR) is 108 cm³/mol. The van der Waals surface area contributed by atoms with E-state index in [4.69, 9.17) is 4.52 Å². The molecule has 0 N–H and O–H groups in total. The Kier molecular flexibility index (Phi) is 5.52. The van der Waals surface area contributed by atoms with Crippen molar-refractivity contribution in [2.45, 2.75) is 44.9 Å². The summed E-state index contributed by atoms with van der Waals surface area (Å²) in [5.41, 5.74) is 2.92. The molecule has 2 aromatic heterocycles. The maximum absolute atomic E-state index is 13.1. The molecule has 1 aliphatic rings. The summed E-state index contributed by atoms with van der Waals surface area (Å²) >= 11 is 1.35. The lowest BCUT2D eigenvalue weighted by Gasteiger charge is -2.33. The first kappa shape index (κ1) is 18.8. The van der Waals surface area contributed by atoms with Crippen LogP contribution in [0.15, 0.2) is 40.9 Å². The second-order valence-electron chi connectivity index (χ2n) is 7.29. The van der Waals surface area contributed by atoms with Crippen LogP contribution in [0.25, 0.3) is 10.6 Å². The molecule has 3 heterocycles. The van der Waals surface area contributed by atoms with E-state index in [0.717, 1.165) is 59.9 Å². The Morgan fingerprint density at radius 3 is 2.68 bits per heavy atom. The molecule has 0 saturated carbocycles. The molecule has 4 rings (SSSR count). The summed E-state index contributed by atoms with van der Waals surface area (Å²) in [5, 5.41) is 8.35. The first-order valence-corrected chi connectivity index (χ1v) is 10.5. The molecule has 1 aliphatic heterocycles. The van der Waals surface area contributed by atoms with Crippen LogP contribution in [-0.2, 0) is 4.79 Å². The molecule has 1 saturated heterocycles. The number of carbonyl (C=O) groups is 1. The van der Waals surface area contributed by atoms with Crippen LogP contribution in [0.2, 0.25) is 0 Å². The van der Waals surface area contributed by atoms with E-state index in [1.807, 2.05) is 48.2 Å². The Bertz CT molecular complexity index is 929. The third-order valence-electron chi connectivity index (χ3n) is 5.47. The second-order valence-corrected chi connectivity index (χ2v) is 8.05. The van der Waals surface area contributed by atoms with Gasteiger partial charge in [-0.15, -0.1) is 5.10 Å². The number of piperidine rings is 1. The van der Waals surface area contributed by atoms with E-state index >= 15 is 0 Å². The maximum atomic E-state index is 13.1. The summed E-state index contributed by atoms with van der Waals surface area (Å²) in [4.78, 5) is 16.1. The molecule has 1 amide bonds. The van der Waals surface area contributed by atoms with Gasteiger partial charge in [-0.05, 0) is 43.3 Å². The highest BCUT2D eigenvalue weighted by molar-refractivity contribution is 7.09. The highest BCUT2D eigenvalue weighted by Gasteiger charge is 2.31. The Balaban J connectivity index is 1.44. The van der Waals surface area contributed by atoms with Crippen molar-refractivity contribution in [3.8, 4) is 10.6 Å². The van der Waals surface area contributed by atoms with E-state index in [0.29, 0.717) is 5.92 Å². The fourth-order valence-corrected chi connectivity index (χ4v) is 4.64. The molecule has 0 aliphatic carbocycles. The van der Waals surface area contributed by atoms with Crippen molar-refractivity contribution in [2.24, 2.45) is 0 Å². The van der Waals surface area contributed by atoms with E-state index in [1.165, 1.54) is 11.5 Å². The Hall–Kier alpha value is -2.54. The monoisotopic (exact) mass is 396 g/mol. The quantitative estimate of drug-likeness (QED) is 0.639. The van der Waals surface area contributed by atoms with Crippen LogP contribution in [0.1, 0.15) is 55.0 Å². The lowest BCUT2D eigenvalue weighted by molar-refractivity contribution is -0.134. The molecule has 0 unspecified atom stereocenters. The smallest absolute Gasteiger partial charge is 0.230 e. The third kappa shape index (κ3) is 3.71. The normalized spacial score (nSPS) is 16.3. The summed E-state index contributed by atoms with van der Waals surface area (Å²) in [7, 11) is 0. The van der Waals surface area contributed by atoms with Gasteiger partial charge in [0.25, 0.3) is 0 Å². The Morgan fingerprint density at radius 2 is 2.04 bits per heavy atom. The SMILES string of the molecule is CC[C@@H](C(=O)N1CCC(c2nnsc2-c2cc(C)no2)CC1)c1ccccc1. The second kappa shape index (κ2) is 8.22. The van der Waals surface area contributed by atoms with E-state index in [9.17, 15) is 4.79 Å². The summed E-state index contributed by atoms with van der Waals surface area (Å²) < 4.78 is 9.55. The molecule has 0 radical (unpaired) electrons. The Labute approximate surface area is 168 Å². The van der Waals surface area contributed by atoms with Crippen LogP contribution in [-0.4, -0.2) is 38.6 Å². The highest BCUT2D eigenvalue weighted by Crippen LogP contribution is 2.37. The lowest BCUT2D eigenvalue weighted by Crippen LogP contribution is -2.40. The topological polar surface area (TPSA) is 72.1 Å². The fourth-order valence-electron chi connectivity index (χ4n) is 3.94. The summed E-state index contributed by atoms with van der Waals surface area (Å²) in [6.45, 7) is 5.48. The number of carbonyl (C=O) groups excluding carboxylic acids is 1. The molecular formula is C21H24N4O2S. The van der Waals surface area contributed by atoms with Gasteiger partial charge in [0.2, 0.25) is 5.91 Å². The van der Waals surface area contributed by atoms with Crippen molar-refractivity contribution in [3.05, 3.63) is 53.3 Å². The number of aromatic nitrogens is 3. The standard InChI is InChI=1S/C21H24N4O2S/c1-3-17(15-7-5-4-6-8-15)21(26)25-11-9-16(10-12-25)19-20(28-24-22-19)18-13-14(2)23-27-18/h4-8,13,16-17H,3,9-12H2,1-2H3/t17-/m1/s1. The summed E-state index contributed by atoms with van der Waals surface area (Å²) in [6, 6.07) is 12.0. The van der Waals surface area contributed by atoms with Crippen LogP contribution in [0.5, 0.6) is 0 Å². The minimum absolute atomic E-state index is 0.0635. The van der Waals surface area contributed by atoms with Crippen molar-refractivity contribution in [1.82, 2.24) is 19.6 Å². The molecule has 0 spiro atoms. The predicted octanol–water partition coefficient (Wildman–Crippen LogP) is 4.40. The van der Waals surface area contributed by atoms with Crippen molar-refractivity contribution in [2.75, 3.05) is 13.1 Å². The molecule has 6 nitrogen and oxygen atoms in total. The molecule has 146 valence electrons. The van der Waals surface area contributed by atoms with Gasteiger partial charge < -0.3 is 9.42 Å². The van der Waals surface area contributed by atoms with Crippen LogP contribution < -0.4 is 0 Å². The fraction of sp³-hybridized carbons (Fsp3) is 0.429. The minimum atomic E-state index is -0.0635. The van der Waals surface area contributed by atoms with Gasteiger partial charge in [0.15, 0.2) is 5.76 Å². The zero-order valence-corrected chi connectivity index (χ0v) is 17.0. The number of rotatable bonds is 5. The number of amides is 1. The van der Waals surface area contributed by atoms with Gasteiger partial charge in [0.1, 0.15) is 4.88 Å². The van der Waals surface area contributed by atoms with Gasteiger partial charge in [0.05, 0.1) is 17.3 Å². The van der Waals surface area contributed by atoms with E-state index < -0.39 is 0 Å². The zero-order valence-electron chi connectivity index (χ0n) is 16.2. The number of hydrogen-bond donors (Lipinski definition) is 0. The molecule has 28 heavy (non-hydrogen) atoms. The molecule has 0 bridgehead atoms. The number of benzene rings is 1. The number of aryl methyl sites for hydroxylation is 1. The van der Waals surface area contributed by atoms with Gasteiger partial charge in [-0.25, -0.2) is 0 Å². The van der Waals surface area contributed by atoms with Gasteiger partial charge in [-0.3, -0.25) is 4.79 Å². The van der Waals surface area contributed by atoms with Crippen LogP contribution in [0.3, 0.4) is 0 Å². The van der Waals surface area contributed by atoms with Gasteiger partial charge in [-0.2, -0.15) is 0 Å². The third-order valence-corrected chi connectivity index (χ3v) is 6.22. The van der Waals surface area contributed by atoms with Crippen LogP contribution >= 0.6 is 11.5 Å². The molecule has 1 aromatic carbocycles. The van der Waals surface area contributed by atoms with E-state index in [-0.39, 0.29) is 11.8 Å². The molecule has 1 fully saturated rings. The largest absolute Gasteiger partial charge is 0.355 e. The summed E-state index contributed by atoms with van der Waals surface area (Å²) in [5.74, 6) is 1.19. The van der Waals surface area contributed by atoms with Crippen molar-refractivity contribution < 1.29 is 9.32 Å². The van der Waals surface area contributed by atoms with Gasteiger partial charge in [-0.1, -0.05) is 46.9 Å². The number of likely N-dealkylation sites (tertiary alicyclic amines) is 1. The maximum Gasteiger partial charge on any atom is 0.230 e. The van der Waals surface area contributed by atoms with Crippen LogP contribution in [0, 0.1) is 6.92 Å². The molecule has 3 aromatic rings. The van der Waals surface area contributed by atoms with E-state index in [2.05, 4.69) is 21.7 Å². The lowest BCUT2D eigenvalue weighted by atomic mass is 9.90. The molecule has 7 heteroatoms. The van der Waals surface area contributed by atoms with Gasteiger partial charge in [0, 0.05) is 25.1 Å². The van der Waals surface area contributed by atoms with E-state index in [1.54, 1.807) is 0 Å². The van der Waals surface area contributed by atoms with Crippen molar-refractivity contribution in [3.63, 3.8) is 0 Å². The number of hydrogen-bond acceptors (Lipinski definition) is 6. The average Bonchev–Trinajstić information content (AvgIpc) is 3.38. The summed E-state index contributed by atoms with van der Waals surface area (Å²) in [6.07, 6.45) is 2.60. The Morgan fingerprint density at radius 1 is 1.29 bits per heavy atom. The average molecular weight is 397 g/mol. The number of nitrogens with zero attached hydrogens (tertiary/aromatic N) is 4. The zero-order chi connectivity index (χ0) is 19.5. The first-order valence-electron chi connectivity index (χ1n) is 9.77. The molecular weight excluding hydrogens is 372 g/mol.